The molecule has 26 heavy (non-hydrogen) atoms. The van der Waals surface area contributed by atoms with Crippen LogP contribution in [0.1, 0.15) is 19.4 Å². The first-order valence-electron chi connectivity index (χ1n) is 8.64. The molecule has 3 rings (SSSR count). The lowest BCUT2D eigenvalue weighted by atomic mass is 10.1. The SMILES string of the molecule is CC(C)CN1C(=O)COc2cc(NC(=O)/C=C/c3ccccc3)ccc21. The third-order valence-corrected chi connectivity index (χ3v) is 3.94. The average molecular weight is 350 g/mol. The van der Waals surface area contributed by atoms with E-state index in [-0.39, 0.29) is 18.4 Å². The zero-order chi connectivity index (χ0) is 18.5. The summed E-state index contributed by atoms with van der Waals surface area (Å²) in [7, 11) is 0. The van der Waals surface area contributed by atoms with Gasteiger partial charge in [-0.05, 0) is 29.7 Å². The third kappa shape index (κ3) is 4.30. The van der Waals surface area contributed by atoms with E-state index in [1.807, 2.05) is 36.4 Å². The first-order chi connectivity index (χ1) is 12.5. The molecule has 1 aliphatic rings. The Hall–Kier alpha value is -3.08. The molecular weight excluding hydrogens is 328 g/mol. The van der Waals surface area contributed by atoms with Gasteiger partial charge >= 0.3 is 0 Å². The maximum Gasteiger partial charge on any atom is 0.265 e. The van der Waals surface area contributed by atoms with E-state index in [0.29, 0.717) is 23.9 Å². The molecule has 0 fully saturated rings. The summed E-state index contributed by atoms with van der Waals surface area (Å²) in [5.74, 6) is 0.691. The normalized spacial score (nSPS) is 13.7. The highest BCUT2D eigenvalue weighted by molar-refractivity contribution is 6.03. The van der Waals surface area contributed by atoms with Gasteiger partial charge in [-0.2, -0.15) is 0 Å². The van der Waals surface area contributed by atoms with E-state index < -0.39 is 0 Å². The molecule has 0 saturated carbocycles. The second kappa shape index (κ2) is 7.87. The number of carbonyl (C=O) groups is 2. The second-order valence-corrected chi connectivity index (χ2v) is 6.60. The lowest BCUT2D eigenvalue weighted by molar-refractivity contribution is -0.121. The van der Waals surface area contributed by atoms with Crippen molar-refractivity contribution in [1.29, 1.82) is 0 Å². The van der Waals surface area contributed by atoms with E-state index in [4.69, 9.17) is 4.74 Å². The standard InChI is InChI=1S/C21H22N2O3/c1-15(2)13-23-18-10-9-17(12-19(18)26-14-21(23)25)22-20(24)11-8-16-6-4-3-5-7-16/h3-12,15H,13-14H2,1-2H3,(H,22,24)/b11-8+. The molecule has 0 radical (unpaired) electrons. The molecule has 0 saturated heterocycles. The molecule has 0 atom stereocenters. The molecule has 1 N–H and O–H groups in total. The highest BCUT2D eigenvalue weighted by Crippen LogP contribution is 2.35. The van der Waals surface area contributed by atoms with Crippen LogP contribution in [-0.2, 0) is 9.59 Å². The highest BCUT2D eigenvalue weighted by Gasteiger charge is 2.26. The van der Waals surface area contributed by atoms with Gasteiger partial charge < -0.3 is 15.0 Å². The van der Waals surface area contributed by atoms with Gasteiger partial charge in [0.2, 0.25) is 5.91 Å². The minimum atomic E-state index is -0.222. The smallest absolute Gasteiger partial charge is 0.265 e. The molecule has 2 amide bonds. The van der Waals surface area contributed by atoms with Gasteiger partial charge in [-0.3, -0.25) is 9.59 Å². The number of fused-ring (bicyclic) bond motifs is 1. The topological polar surface area (TPSA) is 58.6 Å². The number of benzene rings is 2. The molecule has 1 heterocycles. The molecule has 5 heteroatoms. The van der Waals surface area contributed by atoms with E-state index in [1.54, 1.807) is 23.1 Å². The van der Waals surface area contributed by atoms with Crippen LogP contribution in [-0.4, -0.2) is 25.0 Å². The second-order valence-electron chi connectivity index (χ2n) is 6.60. The molecule has 5 nitrogen and oxygen atoms in total. The van der Waals surface area contributed by atoms with E-state index in [1.165, 1.54) is 6.08 Å². The lowest BCUT2D eigenvalue weighted by Crippen LogP contribution is -2.40. The Kier molecular flexibility index (Phi) is 5.37. The zero-order valence-electron chi connectivity index (χ0n) is 14.9. The van der Waals surface area contributed by atoms with Crippen LogP contribution in [0.15, 0.2) is 54.6 Å². The number of rotatable bonds is 5. The fourth-order valence-electron chi connectivity index (χ4n) is 2.77. The predicted octanol–water partition coefficient (Wildman–Crippen LogP) is 3.72. The van der Waals surface area contributed by atoms with Crippen LogP contribution in [0.3, 0.4) is 0 Å². The van der Waals surface area contributed by atoms with Crippen molar-refractivity contribution in [1.82, 2.24) is 0 Å². The molecule has 134 valence electrons. The van der Waals surface area contributed by atoms with Crippen molar-refractivity contribution in [3.63, 3.8) is 0 Å². The average Bonchev–Trinajstić information content (AvgIpc) is 2.63. The van der Waals surface area contributed by atoms with Gasteiger partial charge in [-0.25, -0.2) is 0 Å². The molecule has 1 aliphatic heterocycles. The molecule has 2 aromatic carbocycles. The van der Waals surface area contributed by atoms with Gasteiger partial charge in [0.1, 0.15) is 5.75 Å². The number of hydrogen-bond acceptors (Lipinski definition) is 3. The summed E-state index contributed by atoms with van der Waals surface area (Å²) < 4.78 is 5.54. The first kappa shape index (κ1) is 17.7. The Balaban J connectivity index is 1.71. The fourth-order valence-corrected chi connectivity index (χ4v) is 2.77. The Morgan fingerprint density at radius 3 is 2.73 bits per heavy atom. The van der Waals surface area contributed by atoms with Crippen molar-refractivity contribution in [3.8, 4) is 5.75 Å². The Bertz CT molecular complexity index is 828. The number of carbonyl (C=O) groups excluding carboxylic acids is 2. The van der Waals surface area contributed by atoms with Gasteiger partial charge in [0, 0.05) is 24.4 Å². The predicted molar refractivity (Wildman–Crippen MR) is 103 cm³/mol. The molecule has 0 spiro atoms. The lowest BCUT2D eigenvalue weighted by Gasteiger charge is -2.30. The van der Waals surface area contributed by atoms with Crippen LogP contribution in [0.5, 0.6) is 5.75 Å². The van der Waals surface area contributed by atoms with Crippen LogP contribution in [0, 0.1) is 5.92 Å². The van der Waals surface area contributed by atoms with Gasteiger partial charge in [0.15, 0.2) is 6.61 Å². The largest absolute Gasteiger partial charge is 0.481 e. The van der Waals surface area contributed by atoms with Crippen LogP contribution in [0.4, 0.5) is 11.4 Å². The summed E-state index contributed by atoms with van der Waals surface area (Å²) in [6.07, 6.45) is 3.25. The molecule has 0 unspecified atom stereocenters. The third-order valence-electron chi connectivity index (χ3n) is 3.94. The van der Waals surface area contributed by atoms with Crippen molar-refractivity contribution < 1.29 is 14.3 Å². The Morgan fingerprint density at radius 1 is 1.23 bits per heavy atom. The number of nitrogens with zero attached hydrogens (tertiary/aromatic N) is 1. The quantitative estimate of drug-likeness (QED) is 0.836. The Labute approximate surface area is 153 Å². The summed E-state index contributed by atoms with van der Waals surface area (Å²) in [5.41, 5.74) is 2.33. The van der Waals surface area contributed by atoms with E-state index in [0.717, 1.165) is 11.3 Å². The summed E-state index contributed by atoms with van der Waals surface area (Å²) in [6.45, 7) is 4.79. The highest BCUT2D eigenvalue weighted by atomic mass is 16.5. The van der Waals surface area contributed by atoms with Crippen molar-refractivity contribution in [2.45, 2.75) is 13.8 Å². The summed E-state index contributed by atoms with van der Waals surface area (Å²) in [5, 5.41) is 2.82. The summed E-state index contributed by atoms with van der Waals surface area (Å²) in [6, 6.07) is 15.0. The van der Waals surface area contributed by atoms with Gasteiger partial charge in [0.05, 0.1) is 5.69 Å². The van der Waals surface area contributed by atoms with Crippen LogP contribution in [0.25, 0.3) is 6.08 Å². The van der Waals surface area contributed by atoms with Crippen molar-refractivity contribution in [2.24, 2.45) is 5.92 Å². The summed E-state index contributed by atoms with van der Waals surface area (Å²) >= 11 is 0. The maximum absolute atomic E-state index is 12.1. The van der Waals surface area contributed by atoms with Gasteiger partial charge in [-0.1, -0.05) is 44.2 Å². The van der Waals surface area contributed by atoms with E-state index in [9.17, 15) is 9.59 Å². The van der Waals surface area contributed by atoms with Crippen molar-refractivity contribution in [3.05, 3.63) is 60.2 Å². The van der Waals surface area contributed by atoms with Crippen molar-refractivity contribution >= 4 is 29.3 Å². The van der Waals surface area contributed by atoms with E-state index in [2.05, 4.69) is 19.2 Å². The molecular formula is C21H22N2O3. The number of amides is 2. The first-order valence-corrected chi connectivity index (χ1v) is 8.64. The number of hydrogen-bond donors (Lipinski definition) is 1. The monoisotopic (exact) mass is 350 g/mol. The zero-order valence-corrected chi connectivity index (χ0v) is 14.9. The van der Waals surface area contributed by atoms with Crippen LogP contribution < -0.4 is 15.0 Å². The summed E-state index contributed by atoms with van der Waals surface area (Å²) in [4.78, 5) is 26.0. The van der Waals surface area contributed by atoms with Gasteiger partial charge in [0.25, 0.3) is 5.91 Å². The fraction of sp³-hybridized carbons (Fsp3) is 0.238. The molecule has 0 aliphatic carbocycles. The maximum atomic E-state index is 12.1. The van der Waals surface area contributed by atoms with E-state index >= 15 is 0 Å². The minimum absolute atomic E-state index is 0.0189. The Morgan fingerprint density at radius 2 is 2.00 bits per heavy atom. The van der Waals surface area contributed by atoms with Crippen LogP contribution >= 0.6 is 0 Å². The van der Waals surface area contributed by atoms with Crippen molar-refractivity contribution in [2.75, 3.05) is 23.4 Å². The molecule has 0 aromatic heterocycles. The molecule has 2 aromatic rings. The molecule has 0 bridgehead atoms. The number of nitrogens with one attached hydrogen (secondary N) is 1. The number of ether oxygens (including phenoxy) is 1. The van der Waals surface area contributed by atoms with Gasteiger partial charge in [-0.15, -0.1) is 0 Å². The minimum Gasteiger partial charge on any atom is -0.481 e. The number of anilines is 2. The van der Waals surface area contributed by atoms with Crippen LogP contribution in [0.2, 0.25) is 0 Å².